The fourth-order valence-corrected chi connectivity index (χ4v) is 3.84. The third-order valence-corrected chi connectivity index (χ3v) is 5.21. The summed E-state index contributed by atoms with van der Waals surface area (Å²) in [6, 6.07) is 2.08. The highest BCUT2D eigenvalue weighted by Gasteiger charge is 2.08. The van der Waals surface area contributed by atoms with E-state index in [9.17, 15) is 4.79 Å². The summed E-state index contributed by atoms with van der Waals surface area (Å²) in [6.45, 7) is 3.38. The molecule has 0 aliphatic heterocycles. The number of hydrogen-bond donors (Lipinski definition) is 2. The molecule has 2 heterocycles. The zero-order valence-corrected chi connectivity index (χ0v) is 14.9. The number of amides is 1. The van der Waals surface area contributed by atoms with E-state index in [1.807, 2.05) is 0 Å². The zero-order chi connectivity index (χ0) is 16.8. The summed E-state index contributed by atoms with van der Waals surface area (Å²) >= 11 is 1.65. The van der Waals surface area contributed by atoms with Gasteiger partial charge in [-0.2, -0.15) is 0 Å². The number of aryl methyl sites for hydroxylation is 1. The van der Waals surface area contributed by atoms with Crippen molar-refractivity contribution in [1.82, 2.24) is 15.3 Å². The van der Waals surface area contributed by atoms with Gasteiger partial charge >= 0.3 is 0 Å². The molecule has 1 aliphatic carbocycles. The van der Waals surface area contributed by atoms with Crippen molar-refractivity contribution in [1.29, 1.82) is 0 Å². The molecule has 3 rings (SSSR count). The summed E-state index contributed by atoms with van der Waals surface area (Å²) in [7, 11) is 0. The van der Waals surface area contributed by atoms with Crippen LogP contribution in [0.2, 0.25) is 0 Å². The Morgan fingerprint density at radius 3 is 3.04 bits per heavy atom. The van der Waals surface area contributed by atoms with Gasteiger partial charge in [0.05, 0.1) is 5.39 Å². The van der Waals surface area contributed by atoms with Crippen LogP contribution in [0, 0.1) is 6.92 Å². The first-order chi connectivity index (χ1) is 11.7. The van der Waals surface area contributed by atoms with E-state index in [1.54, 1.807) is 17.7 Å². The van der Waals surface area contributed by atoms with Crippen molar-refractivity contribution in [2.75, 3.05) is 18.4 Å². The van der Waals surface area contributed by atoms with E-state index in [0.29, 0.717) is 13.0 Å². The molecule has 0 bridgehead atoms. The Labute approximate surface area is 146 Å². The Kier molecular flexibility index (Phi) is 5.80. The van der Waals surface area contributed by atoms with E-state index in [2.05, 4.69) is 39.7 Å². The Balaban J connectivity index is 1.40. The van der Waals surface area contributed by atoms with Crippen LogP contribution in [-0.2, 0) is 4.79 Å². The molecule has 6 heteroatoms. The lowest BCUT2D eigenvalue weighted by atomic mass is 9.97. The molecule has 0 radical (unpaired) electrons. The second-order valence-electron chi connectivity index (χ2n) is 6.18. The van der Waals surface area contributed by atoms with Crippen LogP contribution in [0.4, 0.5) is 5.82 Å². The Bertz CT molecular complexity index is 738. The predicted molar refractivity (Wildman–Crippen MR) is 99.4 cm³/mol. The van der Waals surface area contributed by atoms with Gasteiger partial charge in [0, 0.05) is 24.4 Å². The second-order valence-corrected chi connectivity index (χ2v) is 7.42. The predicted octanol–water partition coefficient (Wildman–Crippen LogP) is 3.81. The van der Waals surface area contributed by atoms with Crippen molar-refractivity contribution in [3.05, 3.63) is 28.9 Å². The summed E-state index contributed by atoms with van der Waals surface area (Å²) < 4.78 is 0. The van der Waals surface area contributed by atoms with Crippen LogP contribution in [-0.4, -0.2) is 29.0 Å². The number of carbonyl (C=O) groups excluding carboxylic acids is 1. The van der Waals surface area contributed by atoms with Crippen LogP contribution >= 0.6 is 11.3 Å². The number of nitrogens with zero attached hydrogens (tertiary/aromatic N) is 2. The molecule has 0 saturated heterocycles. The zero-order valence-electron chi connectivity index (χ0n) is 14.1. The molecule has 128 valence electrons. The van der Waals surface area contributed by atoms with Gasteiger partial charge in [-0.3, -0.25) is 4.79 Å². The largest absolute Gasteiger partial charge is 0.369 e. The van der Waals surface area contributed by atoms with Gasteiger partial charge in [-0.1, -0.05) is 11.6 Å². The lowest BCUT2D eigenvalue weighted by molar-refractivity contribution is -0.120. The van der Waals surface area contributed by atoms with Gasteiger partial charge < -0.3 is 10.6 Å². The third-order valence-electron chi connectivity index (χ3n) is 4.25. The number of aromatic nitrogens is 2. The number of rotatable bonds is 7. The minimum Gasteiger partial charge on any atom is -0.369 e. The lowest BCUT2D eigenvalue weighted by Crippen LogP contribution is -2.26. The fraction of sp³-hybridized carbons (Fsp3) is 0.500. The van der Waals surface area contributed by atoms with E-state index >= 15 is 0 Å². The first-order valence-corrected chi connectivity index (χ1v) is 9.43. The van der Waals surface area contributed by atoms with Crippen molar-refractivity contribution in [2.24, 2.45) is 0 Å². The van der Waals surface area contributed by atoms with E-state index in [4.69, 9.17) is 0 Å². The number of hydrogen-bond acceptors (Lipinski definition) is 5. The molecule has 0 fully saturated rings. The number of fused-ring (bicyclic) bond motifs is 1. The average Bonchev–Trinajstić information content (AvgIpc) is 2.97. The van der Waals surface area contributed by atoms with E-state index in [0.717, 1.165) is 29.0 Å². The van der Waals surface area contributed by atoms with Crippen molar-refractivity contribution in [3.8, 4) is 0 Å². The second kappa shape index (κ2) is 8.24. The lowest BCUT2D eigenvalue weighted by Gasteiger charge is -2.13. The van der Waals surface area contributed by atoms with E-state index < -0.39 is 0 Å². The molecule has 1 amide bonds. The first kappa shape index (κ1) is 16.9. The van der Waals surface area contributed by atoms with Crippen LogP contribution in [0.15, 0.2) is 24.0 Å². The summed E-state index contributed by atoms with van der Waals surface area (Å²) in [5.74, 6) is 0.898. The van der Waals surface area contributed by atoms with Crippen LogP contribution in [0.3, 0.4) is 0 Å². The SMILES string of the molecule is Cc1cc2c(NCCC(=O)NCCC3=CCCCC3)ncnc2s1. The van der Waals surface area contributed by atoms with Gasteiger partial charge in [0.15, 0.2) is 0 Å². The smallest absolute Gasteiger partial charge is 0.221 e. The van der Waals surface area contributed by atoms with Gasteiger partial charge in [0.25, 0.3) is 0 Å². The topological polar surface area (TPSA) is 66.9 Å². The molecule has 0 saturated carbocycles. The molecular weight excluding hydrogens is 320 g/mol. The number of nitrogens with one attached hydrogen (secondary N) is 2. The molecule has 2 aromatic heterocycles. The molecule has 0 atom stereocenters. The van der Waals surface area contributed by atoms with Gasteiger partial charge in [-0.15, -0.1) is 11.3 Å². The molecule has 2 aromatic rings. The van der Waals surface area contributed by atoms with Crippen LogP contribution < -0.4 is 10.6 Å². The summed E-state index contributed by atoms with van der Waals surface area (Å²) in [5.41, 5.74) is 1.50. The molecule has 24 heavy (non-hydrogen) atoms. The molecular formula is C18H24N4OS. The van der Waals surface area contributed by atoms with Gasteiger partial charge in [-0.05, 0) is 45.1 Å². The van der Waals surface area contributed by atoms with E-state index in [-0.39, 0.29) is 5.91 Å². The minimum atomic E-state index is 0.0886. The fourth-order valence-electron chi connectivity index (χ4n) is 2.99. The Hall–Kier alpha value is -1.95. The highest BCUT2D eigenvalue weighted by Crippen LogP contribution is 2.27. The van der Waals surface area contributed by atoms with Gasteiger partial charge in [0.1, 0.15) is 17.0 Å². The maximum Gasteiger partial charge on any atom is 0.221 e. The molecule has 0 spiro atoms. The van der Waals surface area contributed by atoms with Crippen molar-refractivity contribution in [2.45, 2.75) is 45.4 Å². The van der Waals surface area contributed by atoms with Crippen molar-refractivity contribution in [3.63, 3.8) is 0 Å². The summed E-state index contributed by atoms with van der Waals surface area (Å²) in [6.07, 6.45) is 10.3. The Morgan fingerprint density at radius 1 is 1.29 bits per heavy atom. The standard InChI is InChI=1S/C18H24N4OS/c1-13-11-15-17(21-12-22-18(15)24-13)20-10-8-16(23)19-9-7-14-5-3-2-4-6-14/h5,11-12H,2-4,6-10H2,1H3,(H,19,23)(H,20,21,22). The normalized spacial score (nSPS) is 14.5. The average molecular weight is 344 g/mol. The van der Waals surface area contributed by atoms with Crippen molar-refractivity contribution >= 4 is 33.3 Å². The number of allylic oxidation sites excluding steroid dienone is 1. The Morgan fingerprint density at radius 2 is 2.21 bits per heavy atom. The highest BCUT2D eigenvalue weighted by molar-refractivity contribution is 7.18. The monoisotopic (exact) mass is 344 g/mol. The quantitative estimate of drug-likeness (QED) is 0.750. The molecule has 2 N–H and O–H groups in total. The number of thiophene rings is 1. The first-order valence-electron chi connectivity index (χ1n) is 8.62. The maximum absolute atomic E-state index is 11.9. The highest BCUT2D eigenvalue weighted by atomic mass is 32.1. The van der Waals surface area contributed by atoms with Crippen LogP contribution in [0.5, 0.6) is 0 Å². The third kappa shape index (κ3) is 4.54. The molecule has 0 unspecified atom stereocenters. The van der Waals surface area contributed by atoms with Crippen LogP contribution in [0.1, 0.15) is 43.4 Å². The number of carbonyl (C=O) groups is 1. The van der Waals surface area contributed by atoms with Crippen molar-refractivity contribution < 1.29 is 4.79 Å². The van der Waals surface area contributed by atoms with Gasteiger partial charge in [-0.25, -0.2) is 9.97 Å². The number of anilines is 1. The van der Waals surface area contributed by atoms with Crippen LogP contribution in [0.25, 0.3) is 10.2 Å². The minimum absolute atomic E-state index is 0.0886. The maximum atomic E-state index is 11.9. The molecule has 1 aliphatic rings. The van der Waals surface area contributed by atoms with E-state index in [1.165, 1.54) is 36.1 Å². The van der Waals surface area contributed by atoms with Gasteiger partial charge in [0.2, 0.25) is 5.91 Å². The summed E-state index contributed by atoms with van der Waals surface area (Å²) in [5, 5.41) is 7.29. The summed E-state index contributed by atoms with van der Waals surface area (Å²) in [4.78, 5) is 22.7. The molecule has 5 nitrogen and oxygen atoms in total. The molecule has 0 aromatic carbocycles.